The third-order valence-electron chi connectivity index (χ3n) is 3.93. The number of hydrogen-bond donors (Lipinski definition) is 1. The Hall–Kier alpha value is -3.67. The summed E-state index contributed by atoms with van der Waals surface area (Å²) in [4.78, 5) is 48.5. The number of nitrogens with zero attached hydrogens (tertiary/aromatic N) is 3. The summed E-state index contributed by atoms with van der Waals surface area (Å²) in [5.41, 5.74) is -1.16. The summed E-state index contributed by atoms with van der Waals surface area (Å²) in [6.45, 7) is 1.32. The predicted molar refractivity (Wildman–Crippen MR) is 90.2 cm³/mol. The molecular formula is C17H14N4O5. The number of rotatable bonds is 4. The van der Waals surface area contributed by atoms with Crippen molar-refractivity contribution >= 4 is 17.4 Å². The van der Waals surface area contributed by atoms with Crippen molar-refractivity contribution in [3.63, 3.8) is 0 Å². The molecule has 1 aromatic carbocycles. The van der Waals surface area contributed by atoms with E-state index >= 15 is 0 Å². The summed E-state index contributed by atoms with van der Waals surface area (Å²) in [5, 5.41) is 11.6. The molecule has 3 rings (SSSR count). The van der Waals surface area contributed by atoms with E-state index in [0.717, 1.165) is 4.57 Å². The van der Waals surface area contributed by atoms with Gasteiger partial charge >= 0.3 is 5.69 Å². The Bertz CT molecular complexity index is 1070. The molecule has 0 aliphatic carbocycles. The average molecular weight is 354 g/mol. The Morgan fingerprint density at radius 2 is 2.12 bits per heavy atom. The standard InChI is InChI=1S/C17H14N4O5/c1-2-20-7-11(6-18)16(24)21(17(20)25)8-13(22)10-3-4-14-12(5-10)19-15(23)9-26-14/h3-5,7H,2,8-9H2,1H3,(H,19,23). The van der Waals surface area contributed by atoms with Crippen LogP contribution in [-0.4, -0.2) is 27.4 Å². The van der Waals surface area contributed by atoms with Crippen LogP contribution in [0, 0.1) is 11.3 Å². The van der Waals surface area contributed by atoms with Crippen molar-refractivity contribution in [3.05, 3.63) is 56.4 Å². The number of nitriles is 1. The van der Waals surface area contributed by atoms with Crippen molar-refractivity contribution < 1.29 is 14.3 Å². The van der Waals surface area contributed by atoms with E-state index in [9.17, 15) is 19.2 Å². The van der Waals surface area contributed by atoms with Crippen LogP contribution in [-0.2, 0) is 17.9 Å². The number of carbonyl (C=O) groups is 2. The number of amides is 1. The first-order chi connectivity index (χ1) is 12.4. The van der Waals surface area contributed by atoms with Gasteiger partial charge in [-0.1, -0.05) is 0 Å². The van der Waals surface area contributed by atoms with E-state index in [-0.39, 0.29) is 30.2 Å². The van der Waals surface area contributed by atoms with E-state index in [4.69, 9.17) is 10.00 Å². The fraction of sp³-hybridized carbons (Fsp3) is 0.235. The van der Waals surface area contributed by atoms with Gasteiger partial charge in [-0.25, -0.2) is 4.79 Å². The van der Waals surface area contributed by atoms with Crippen LogP contribution < -0.4 is 21.3 Å². The van der Waals surface area contributed by atoms with Crippen LogP contribution in [0.25, 0.3) is 0 Å². The van der Waals surface area contributed by atoms with E-state index < -0.39 is 23.6 Å². The third-order valence-corrected chi connectivity index (χ3v) is 3.93. The minimum absolute atomic E-state index is 0.104. The number of benzene rings is 1. The number of ether oxygens (including phenoxy) is 1. The molecule has 9 nitrogen and oxygen atoms in total. The number of nitrogens with one attached hydrogen (secondary N) is 1. The van der Waals surface area contributed by atoms with Gasteiger partial charge in [0.05, 0.1) is 12.2 Å². The van der Waals surface area contributed by atoms with E-state index in [1.807, 2.05) is 0 Å². The summed E-state index contributed by atoms with van der Waals surface area (Å²) < 4.78 is 7.14. The van der Waals surface area contributed by atoms with E-state index in [1.54, 1.807) is 13.0 Å². The zero-order valence-corrected chi connectivity index (χ0v) is 13.8. The van der Waals surface area contributed by atoms with Gasteiger partial charge in [-0.2, -0.15) is 5.26 Å². The summed E-state index contributed by atoms with van der Waals surface area (Å²) in [7, 11) is 0. The molecule has 0 unspecified atom stereocenters. The zero-order chi connectivity index (χ0) is 18.8. The smallest absolute Gasteiger partial charge is 0.331 e. The van der Waals surface area contributed by atoms with Gasteiger partial charge in [-0.15, -0.1) is 0 Å². The molecule has 1 amide bonds. The molecule has 26 heavy (non-hydrogen) atoms. The quantitative estimate of drug-likeness (QED) is 0.778. The van der Waals surface area contributed by atoms with Crippen LogP contribution in [0.4, 0.5) is 5.69 Å². The van der Waals surface area contributed by atoms with Crippen molar-refractivity contribution in [2.45, 2.75) is 20.0 Å². The van der Waals surface area contributed by atoms with Crippen molar-refractivity contribution in [3.8, 4) is 11.8 Å². The molecule has 2 aromatic rings. The molecule has 0 fully saturated rings. The first-order valence-electron chi connectivity index (χ1n) is 7.79. The molecule has 0 saturated heterocycles. The van der Waals surface area contributed by atoms with Gasteiger partial charge in [0.15, 0.2) is 12.4 Å². The van der Waals surface area contributed by atoms with Gasteiger partial charge in [0, 0.05) is 18.3 Å². The van der Waals surface area contributed by atoms with Crippen LogP contribution in [0.3, 0.4) is 0 Å². The molecule has 0 radical (unpaired) electrons. The van der Waals surface area contributed by atoms with Crippen molar-refractivity contribution in [2.75, 3.05) is 11.9 Å². The number of aryl methyl sites for hydroxylation is 1. The molecule has 0 spiro atoms. The Morgan fingerprint density at radius 3 is 2.81 bits per heavy atom. The van der Waals surface area contributed by atoms with E-state index in [1.165, 1.54) is 29.0 Å². The highest BCUT2D eigenvalue weighted by Crippen LogP contribution is 2.28. The minimum Gasteiger partial charge on any atom is -0.482 e. The number of anilines is 1. The molecular weight excluding hydrogens is 340 g/mol. The van der Waals surface area contributed by atoms with Crippen LogP contribution in [0.1, 0.15) is 22.8 Å². The molecule has 0 bridgehead atoms. The van der Waals surface area contributed by atoms with Crippen molar-refractivity contribution in [1.82, 2.24) is 9.13 Å². The molecule has 1 aromatic heterocycles. The monoisotopic (exact) mass is 354 g/mol. The maximum atomic E-state index is 12.5. The third kappa shape index (κ3) is 3.00. The number of ketones is 1. The lowest BCUT2D eigenvalue weighted by atomic mass is 10.1. The van der Waals surface area contributed by atoms with Crippen molar-refractivity contribution in [1.29, 1.82) is 5.26 Å². The second-order valence-electron chi connectivity index (χ2n) is 5.59. The minimum atomic E-state index is -0.815. The first kappa shape index (κ1) is 17.2. The highest BCUT2D eigenvalue weighted by Gasteiger charge is 2.19. The SMILES string of the molecule is CCn1cc(C#N)c(=O)n(CC(=O)c2ccc3c(c2)NC(=O)CO3)c1=O. The largest absolute Gasteiger partial charge is 0.482 e. The molecule has 0 saturated carbocycles. The molecule has 1 aliphatic rings. The highest BCUT2D eigenvalue weighted by atomic mass is 16.5. The van der Waals surface area contributed by atoms with Crippen LogP contribution in [0.5, 0.6) is 5.75 Å². The van der Waals surface area contributed by atoms with Gasteiger partial charge in [-0.3, -0.25) is 23.5 Å². The maximum absolute atomic E-state index is 12.5. The lowest BCUT2D eigenvalue weighted by molar-refractivity contribution is -0.118. The summed E-state index contributed by atoms with van der Waals surface area (Å²) in [6, 6.07) is 6.16. The molecule has 2 heterocycles. The lowest BCUT2D eigenvalue weighted by Gasteiger charge is -2.18. The van der Waals surface area contributed by atoms with E-state index in [2.05, 4.69) is 5.32 Å². The first-order valence-corrected chi connectivity index (χ1v) is 7.79. The molecule has 1 aliphatic heterocycles. The summed E-state index contributed by atoms with van der Waals surface area (Å²) in [6.07, 6.45) is 1.18. The Morgan fingerprint density at radius 1 is 1.35 bits per heavy atom. The summed E-state index contributed by atoms with van der Waals surface area (Å²) >= 11 is 0. The highest BCUT2D eigenvalue weighted by molar-refractivity contribution is 6.00. The fourth-order valence-electron chi connectivity index (χ4n) is 2.59. The topological polar surface area (TPSA) is 123 Å². The lowest BCUT2D eigenvalue weighted by Crippen LogP contribution is -2.42. The zero-order valence-electron chi connectivity index (χ0n) is 13.8. The molecule has 132 valence electrons. The predicted octanol–water partition coefficient (Wildman–Crippen LogP) is 0.115. The number of Topliss-reactive ketones (excluding diaryl/α,β-unsaturated/α-hetero) is 1. The summed E-state index contributed by atoms with van der Waals surface area (Å²) in [5.74, 6) is -0.423. The van der Waals surface area contributed by atoms with Crippen LogP contribution in [0.15, 0.2) is 34.0 Å². The van der Waals surface area contributed by atoms with E-state index in [0.29, 0.717) is 11.4 Å². The Kier molecular flexibility index (Phi) is 4.41. The average Bonchev–Trinajstić information content (AvgIpc) is 2.64. The van der Waals surface area contributed by atoms with Gasteiger partial charge in [0.25, 0.3) is 11.5 Å². The number of carbonyl (C=O) groups excluding carboxylic acids is 2. The van der Waals surface area contributed by atoms with Gasteiger partial charge < -0.3 is 10.1 Å². The Balaban J connectivity index is 1.98. The molecule has 9 heteroatoms. The fourth-order valence-corrected chi connectivity index (χ4v) is 2.59. The normalized spacial score (nSPS) is 12.5. The second-order valence-corrected chi connectivity index (χ2v) is 5.59. The number of hydrogen-bond acceptors (Lipinski definition) is 6. The maximum Gasteiger partial charge on any atom is 0.331 e. The second kappa shape index (κ2) is 6.68. The number of fused-ring (bicyclic) bond motifs is 1. The molecule has 1 N–H and O–H groups in total. The molecule has 0 atom stereocenters. The van der Waals surface area contributed by atoms with Gasteiger partial charge in [-0.05, 0) is 25.1 Å². The van der Waals surface area contributed by atoms with Gasteiger partial charge in [0.2, 0.25) is 0 Å². The van der Waals surface area contributed by atoms with Crippen molar-refractivity contribution in [2.24, 2.45) is 0 Å². The van der Waals surface area contributed by atoms with Gasteiger partial charge in [0.1, 0.15) is 17.4 Å². The van der Waals surface area contributed by atoms with Crippen LogP contribution >= 0.6 is 0 Å². The number of aromatic nitrogens is 2. The Labute approximate surface area is 147 Å². The van der Waals surface area contributed by atoms with Crippen LogP contribution in [0.2, 0.25) is 0 Å².